The van der Waals surface area contributed by atoms with Gasteiger partial charge in [0.2, 0.25) is 0 Å². The second-order valence-corrected chi connectivity index (χ2v) is 6.25. The first-order valence-corrected chi connectivity index (χ1v) is 9.30. The second kappa shape index (κ2) is 12.0. The summed E-state index contributed by atoms with van der Waals surface area (Å²) in [5, 5.41) is 4.27. The number of nitrogens with zero attached hydrogens (tertiary/aromatic N) is 1. The fourth-order valence-electron chi connectivity index (χ4n) is 2.47. The minimum atomic E-state index is 0.759. The first-order chi connectivity index (χ1) is 11.7. The standard InChI is InChI=1S/C19H32N2O2S/c1-5-7-13-21(14-8-6-2)19(24)20-12-11-16-9-10-17(22-3)18(15-16)23-4/h9-10,15H,5-8,11-14H2,1-4H3,(H,20,24). The van der Waals surface area contributed by atoms with Gasteiger partial charge in [0.1, 0.15) is 0 Å². The van der Waals surface area contributed by atoms with Crippen LogP contribution in [0.5, 0.6) is 11.5 Å². The van der Waals surface area contributed by atoms with Crippen LogP contribution >= 0.6 is 12.2 Å². The van der Waals surface area contributed by atoms with Crippen molar-refractivity contribution in [2.75, 3.05) is 33.9 Å². The van der Waals surface area contributed by atoms with Gasteiger partial charge in [0.15, 0.2) is 16.6 Å². The molecule has 0 aromatic heterocycles. The molecule has 0 amide bonds. The maximum Gasteiger partial charge on any atom is 0.168 e. The lowest BCUT2D eigenvalue weighted by Crippen LogP contribution is -2.41. The molecule has 0 spiro atoms. The summed E-state index contributed by atoms with van der Waals surface area (Å²) >= 11 is 5.58. The normalized spacial score (nSPS) is 10.3. The Balaban J connectivity index is 2.50. The smallest absolute Gasteiger partial charge is 0.168 e. The van der Waals surface area contributed by atoms with Gasteiger partial charge in [-0.15, -0.1) is 0 Å². The summed E-state index contributed by atoms with van der Waals surface area (Å²) < 4.78 is 10.6. The van der Waals surface area contributed by atoms with E-state index < -0.39 is 0 Å². The SMILES string of the molecule is CCCCN(CCCC)C(=S)NCCc1ccc(OC)c(OC)c1. The number of hydrogen-bond donors (Lipinski definition) is 1. The molecule has 0 aliphatic carbocycles. The molecule has 136 valence electrons. The van der Waals surface area contributed by atoms with Crippen LogP contribution in [0.2, 0.25) is 0 Å². The molecule has 1 aromatic carbocycles. The highest BCUT2D eigenvalue weighted by Crippen LogP contribution is 2.27. The van der Waals surface area contributed by atoms with Crippen LogP contribution in [0.15, 0.2) is 18.2 Å². The van der Waals surface area contributed by atoms with Crippen molar-refractivity contribution in [1.29, 1.82) is 0 Å². The van der Waals surface area contributed by atoms with Gasteiger partial charge in [0, 0.05) is 19.6 Å². The molecule has 0 atom stereocenters. The fourth-order valence-corrected chi connectivity index (χ4v) is 2.76. The first-order valence-electron chi connectivity index (χ1n) is 8.89. The Morgan fingerprint density at radius 1 is 1.04 bits per heavy atom. The lowest BCUT2D eigenvalue weighted by molar-refractivity contribution is 0.354. The summed E-state index contributed by atoms with van der Waals surface area (Å²) in [6.45, 7) is 7.33. The van der Waals surface area contributed by atoms with Crippen molar-refractivity contribution in [3.8, 4) is 11.5 Å². The van der Waals surface area contributed by atoms with E-state index in [1.807, 2.05) is 12.1 Å². The van der Waals surface area contributed by atoms with E-state index in [-0.39, 0.29) is 0 Å². The van der Waals surface area contributed by atoms with Gasteiger partial charge in [-0.1, -0.05) is 32.8 Å². The van der Waals surface area contributed by atoms with Crippen LogP contribution in [0.4, 0.5) is 0 Å². The molecule has 24 heavy (non-hydrogen) atoms. The van der Waals surface area contributed by atoms with Gasteiger partial charge in [-0.05, 0) is 49.2 Å². The number of ether oxygens (including phenoxy) is 2. The maximum atomic E-state index is 5.58. The molecule has 0 fully saturated rings. The molecule has 1 rings (SSSR count). The third-order valence-electron chi connectivity index (χ3n) is 3.99. The maximum absolute atomic E-state index is 5.58. The van der Waals surface area contributed by atoms with Crippen LogP contribution < -0.4 is 14.8 Å². The Labute approximate surface area is 152 Å². The summed E-state index contributed by atoms with van der Waals surface area (Å²) in [5.74, 6) is 1.53. The minimum Gasteiger partial charge on any atom is -0.493 e. The molecule has 0 aliphatic heterocycles. The highest BCUT2D eigenvalue weighted by Gasteiger charge is 2.09. The monoisotopic (exact) mass is 352 g/mol. The van der Waals surface area contributed by atoms with Gasteiger partial charge in [-0.2, -0.15) is 0 Å². The van der Waals surface area contributed by atoms with E-state index in [0.29, 0.717) is 0 Å². The largest absolute Gasteiger partial charge is 0.493 e. The van der Waals surface area contributed by atoms with Crippen LogP contribution in [0, 0.1) is 0 Å². The molecule has 0 aliphatic rings. The average Bonchev–Trinajstić information content (AvgIpc) is 2.61. The number of rotatable bonds is 11. The summed E-state index contributed by atoms with van der Waals surface area (Å²) in [6, 6.07) is 6.04. The van der Waals surface area contributed by atoms with E-state index >= 15 is 0 Å². The molecular weight excluding hydrogens is 320 g/mol. The van der Waals surface area contributed by atoms with Gasteiger partial charge in [-0.25, -0.2) is 0 Å². The van der Waals surface area contributed by atoms with E-state index in [9.17, 15) is 0 Å². The van der Waals surface area contributed by atoms with Crippen LogP contribution in [0.1, 0.15) is 45.1 Å². The van der Waals surface area contributed by atoms with Crippen molar-refractivity contribution < 1.29 is 9.47 Å². The number of methoxy groups -OCH3 is 2. The quantitative estimate of drug-likeness (QED) is 0.608. The number of unbranched alkanes of at least 4 members (excludes halogenated alkanes) is 2. The molecule has 1 N–H and O–H groups in total. The van der Waals surface area contributed by atoms with Gasteiger partial charge in [0.05, 0.1) is 14.2 Å². The number of thiocarbonyl (C=S) groups is 1. The van der Waals surface area contributed by atoms with Gasteiger partial charge in [0.25, 0.3) is 0 Å². The van der Waals surface area contributed by atoms with Crippen LogP contribution in [0.25, 0.3) is 0 Å². The molecule has 0 bridgehead atoms. The zero-order valence-corrected chi connectivity index (χ0v) is 16.4. The van der Waals surface area contributed by atoms with Crippen LogP contribution in [-0.2, 0) is 6.42 Å². The molecule has 4 nitrogen and oxygen atoms in total. The van der Waals surface area contributed by atoms with Crippen molar-refractivity contribution in [3.63, 3.8) is 0 Å². The third-order valence-corrected chi connectivity index (χ3v) is 4.39. The molecule has 0 unspecified atom stereocenters. The lowest BCUT2D eigenvalue weighted by Gasteiger charge is -2.25. The topological polar surface area (TPSA) is 33.7 Å². The number of benzene rings is 1. The van der Waals surface area contributed by atoms with E-state index in [2.05, 4.69) is 30.1 Å². The van der Waals surface area contributed by atoms with Crippen molar-refractivity contribution in [2.45, 2.75) is 46.0 Å². The molecule has 0 saturated carbocycles. The fraction of sp³-hybridized carbons (Fsp3) is 0.632. The minimum absolute atomic E-state index is 0.759. The van der Waals surface area contributed by atoms with E-state index in [0.717, 1.165) is 42.7 Å². The van der Waals surface area contributed by atoms with E-state index in [1.165, 1.54) is 31.2 Å². The zero-order valence-electron chi connectivity index (χ0n) is 15.6. The Kier molecular flexibility index (Phi) is 10.2. The Morgan fingerprint density at radius 3 is 2.21 bits per heavy atom. The molecule has 5 heteroatoms. The van der Waals surface area contributed by atoms with Crippen molar-refractivity contribution >= 4 is 17.3 Å². The second-order valence-electron chi connectivity index (χ2n) is 5.87. The van der Waals surface area contributed by atoms with Crippen LogP contribution in [-0.4, -0.2) is 43.9 Å². The van der Waals surface area contributed by atoms with Crippen molar-refractivity contribution in [1.82, 2.24) is 10.2 Å². The van der Waals surface area contributed by atoms with Crippen molar-refractivity contribution in [3.05, 3.63) is 23.8 Å². The average molecular weight is 353 g/mol. The van der Waals surface area contributed by atoms with Crippen molar-refractivity contribution in [2.24, 2.45) is 0 Å². The summed E-state index contributed by atoms with van der Waals surface area (Å²) in [4.78, 5) is 2.30. The Morgan fingerprint density at radius 2 is 1.67 bits per heavy atom. The Bertz CT molecular complexity index is 486. The van der Waals surface area contributed by atoms with Gasteiger partial charge in [-0.3, -0.25) is 0 Å². The summed E-state index contributed by atoms with van der Waals surface area (Å²) in [5.41, 5.74) is 1.21. The highest BCUT2D eigenvalue weighted by molar-refractivity contribution is 7.80. The molecular formula is C19H32N2O2S. The first kappa shape index (κ1) is 20.6. The Hall–Kier alpha value is -1.49. The predicted octanol–water partition coefficient (Wildman–Crippen LogP) is 4.02. The van der Waals surface area contributed by atoms with Gasteiger partial charge < -0.3 is 19.7 Å². The van der Waals surface area contributed by atoms with Gasteiger partial charge >= 0.3 is 0 Å². The number of nitrogens with one attached hydrogen (secondary N) is 1. The van der Waals surface area contributed by atoms with Crippen LogP contribution in [0.3, 0.4) is 0 Å². The molecule has 0 heterocycles. The van der Waals surface area contributed by atoms with E-state index in [4.69, 9.17) is 21.7 Å². The summed E-state index contributed by atoms with van der Waals surface area (Å²) in [6.07, 6.45) is 5.64. The third kappa shape index (κ3) is 6.95. The predicted molar refractivity (Wildman–Crippen MR) is 105 cm³/mol. The molecule has 0 saturated heterocycles. The molecule has 0 radical (unpaired) electrons. The number of hydrogen-bond acceptors (Lipinski definition) is 3. The zero-order chi connectivity index (χ0) is 17.8. The molecule has 1 aromatic rings. The summed E-state index contributed by atoms with van der Waals surface area (Å²) in [7, 11) is 3.31. The highest BCUT2D eigenvalue weighted by atomic mass is 32.1. The lowest BCUT2D eigenvalue weighted by atomic mass is 10.1. The van der Waals surface area contributed by atoms with E-state index in [1.54, 1.807) is 14.2 Å².